The molecule has 2 aromatic carbocycles. The Morgan fingerprint density at radius 1 is 1.09 bits per heavy atom. The fraction of sp³-hybridized carbons (Fsp3) is 0.235. The number of hydrogen-bond donors (Lipinski definition) is 1. The summed E-state index contributed by atoms with van der Waals surface area (Å²) < 4.78 is 39.6. The van der Waals surface area contributed by atoms with E-state index in [9.17, 15) is 13.2 Å². The quantitative estimate of drug-likeness (QED) is 0.532. The minimum Gasteiger partial charge on any atom is -0.324 e. The summed E-state index contributed by atoms with van der Waals surface area (Å²) in [4.78, 5) is 1.58. The van der Waals surface area contributed by atoms with Gasteiger partial charge in [0.05, 0.1) is 5.56 Å². The third kappa shape index (κ3) is 4.13. The van der Waals surface area contributed by atoms with E-state index in [-0.39, 0.29) is 11.9 Å². The number of benzene rings is 2. The summed E-state index contributed by atoms with van der Waals surface area (Å²) in [5.74, 6) is 0.159. The zero-order valence-corrected chi connectivity index (χ0v) is 14.2. The van der Waals surface area contributed by atoms with Gasteiger partial charge in [-0.2, -0.15) is 13.2 Å². The second-order valence-electron chi connectivity index (χ2n) is 5.37. The molecule has 0 aliphatic carbocycles. The summed E-state index contributed by atoms with van der Waals surface area (Å²) in [6, 6.07) is 12.0. The minimum absolute atomic E-state index is 0.158. The highest BCUT2D eigenvalue weighted by Gasteiger charge is 2.31. The molecule has 0 saturated carbocycles. The lowest BCUT2D eigenvalue weighted by atomic mass is 10.1. The summed E-state index contributed by atoms with van der Waals surface area (Å²) >= 11 is 3.33. The fourth-order valence-corrected chi connectivity index (χ4v) is 2.53. The third-order valence-corrected chi connectivity index (χ3v) is 3.86. The standard InChI is InChI=1S/C17H16BrF3N2/c1-11(2)23(16(22)12-6-8-14(18)9-7-12)15-5-3-4-13(10-15)17(19,20)21/h3-11,22H,1-2H3. The van der Waals surface area contributed by atoms with Gasteiger partial charge in [0.15, 0.2) is 0 Å². The maximum absolute atomic E-state index is 12.9. The smallest absolute Gasteiger partial charge is 0.324 e. The lowest BCUT2D eigenvalue weighted by Crippen LogP contribution is -2.37. The highest BCUT2D eigenvalue weighted by Crippen LogP contribution is 2.32. The highest BCUT2D eigenvalue weighted by atomic mass is 79.9. The first kappa shape index (κ1) is 17.5. The summed E-state index contributed by atoms with van der Waals surface area (Å²) in [5, 5.41) is 8.38. The predicted octanol–water partition coefficient (Wildman–Crippen LogP) is 5.71. The van der Waals surface area contributed by atoms with Gasteiger partial charge in [-0.1, -0.05) is 34.1 Å². The van der Waals surface area contributed by atoms with E-state index < -0.39 is 11.7 Å². The van der Waals surface area contributed by atoms with Crippen molar-refractivity contribution in [2.24, 2.45) is 0 Å². The van der Waals surface area contributed by atoms with Crippen molar-refractivity contribution >= 4 is 27.5 Å². The van der Waals surface area contributed by atoms with E-state index >= 15 is 0 Å². The number of rotatable bonds is 3. The van der Waals surface area contributed by atoms with Gasteiger partial charge in [-0.15, -0.1) is 0 Å². The van der Waals surface area contributed by atoms with Crippen LogP contribution >= 0.6 is 15.9 Å². The van der Waals surface area contributed by atoms with Gasteiger partial charge < -0.3 is 4.90 Å². The maximum Gasteiger partial charge on any atom is 0.416 e. The first-order valence-corrected chi connectivity index (χ1v) is 7.80. The normalized spacial score (nSPS) is 11.6. The number of nitrogens with one attached hydrogen (secondary N) is 1. The van der Waals surface area contributed by atoms with E-state index in [4.69, 9.17) is 5.41 Å². The van der Waals surface area contributed by atoms with Crippen molar-refractivity contribution in [3.05, 3.63) is 64.1 Å². The van der Waals surface area contributed by atoms with E-state index in [1.807, 2.05) is 13.8 Å². The van der Waals surface area contributed by atoms with Crippen molar-refractivity contribution in [2.45, 2.75) is 26.1 Å². The lowest BCUT2D eigenvalue weighted by molar-refractivity contribution is -0.137. The second kappa shape index (κ2) is 6.74. The predicted molar refractivity (Wildman–Crippen MR) is 90.0 cm³/mol. The zero-order chi connectivity index (χ0) is 17.2. The van der Waals surface area contributed by atoms with Crippen LogP contribution in [0.25, 0.3) is 0 Å². The Labute approximate surface area is 141 Å². The fourth-order valence-electron chi connectivity index (χ4n) is 2.26. The van der Waals surface area contributed by atoms with Gasteiger partial charge in [0, 0.05) is 21.8 Å². The number of hydrogen-bond acceptors (Lipinski definition) is 1. The molecule has 0 saturated heterocycles. The monoisotopic (exact) mass is 384 g/mol. The topological polar surface area (TPSA) is 27.1 Å². The third-order valence-electron chi connectivity index (χ3n) is 3.33. The van der Waals surface area contributed by atoms with Crippen molar-refractivity contribution in [2.75, 3.05) is 4.90 Å². The molecule has 0 atom stereocenters. The van der Waals surface area contributed by atoms with E-state index in [0.717, 1.165) is 16.6 Å². The number of halogens is 4. The Kier molecular flexibility index (Phi) is 5.14. The van der Waals surface area contributed by atoms with Crippen LogP contribution < -0.4 is 4.90 Å². The average molecular weight is 385 g/mol. The van der Waals surface area contributed by atoms with Gasteiger partial charge in [0.1, 0.15) is 5.84 Å². The Morgan fingerprint density at radius 2 is 1.70 bits per heavy atom. The molecule has 0 aliphatic rings. The van der Waals surface area contributed by atoms with Crippen LogP contribution in [0.3, 0.4) is 0 Å². The Morgan fingerprint density at radius 3 is 2.22 bits per heavy atom. The summed E-state index contributed by atoms with van der Waals surface area (Å²) in [6.45, 7) is 3.68. The van der Waals surface area contributed by atoms with E-state index in [2.05, 4.69) is 15.9 Å². The zero-order valence-electron chi connectivity index (χ0n) is 12.7. The molecule has 0 amide bonds. The second-order valence-corrected chi connectivity index (χ2v) is 6.28. The average Bonchev–Trinajstić information content (AvgIpc) is 2.47. The number of anilines is 1. The van der Waals surface area contributed by atoms with Gasteiger partial charge in [-0.25, -0.2) is 0 Å². The van der Waals surface area contributed by atoms with Crippen molar-refractivity contribution in [1.29, 1.82) is 5.41 Å². The number of alkyl halides is 3. The lowest BCUT2D eigenvalue weighted by Gasteiger charge is -2.30. The summed E-state index contributed by atoms with van der Waals surface area (Å²) in [7, 11) is 0. The first-order chi connectivity index (χ1) is 10.7. The van der Waals surface area contributed by atoms with Crippen LogP contribution in [0.4, 0.5) is 18.9 Å². The van der Waals surface area contributed by atoms with Crippen LogP contribution in [-0.4, -0.2) is 11.9 Å². The Balaban J connectivity index is 2.43. The van der Waals surface area contributed by atoms with Crippen LogP contribution in [-0.2, 0) is 6.18 Å². The van der Waals surface area contributed by atoms with E-state index in [1.165, 1.54) is 6.07 Å². The SMILES string of the molecule is CC(C)N(C(=N)c1ccc(Br)cc1)c1cccc(C(F)(F)F)c1. The molecule has 23 heavy (non-hydrogen) atoms. The molecule has 122 valence electrons. The van der Waals surface area contributed by atoms with Crippen LogP contribution in [0.2, 0.25) is 0 Å². The molecule has 0 fully saturated rings. The molecular weight excluding hydrogens is 369 g/mol. The molecule has 0 spiro atoms. The van der Waals surface area contributed by atoms with Crippen molar-refractivity contribution < 1.29 is 13.2 Å². The van der Waals surface area contributed by atoms with Gasteiger partial charge in [0.25, 0.3) is 0 Å². The summed E-state index contributed by atoms with van der Waals surface area (Å²) in [6.07, 6.45) is -4.40. The van der Waals surface area contributed by atoms with E-state index in [1.54, 1.807) is 35.2 Å². The van der Waals surface area contributed by atoms with Gasteiger partial charge in [-0.3, -0.25) is 5.41 Å². The Bertz CT molecular complexity index is 694. The van der Waals surface area contributed by atoms with Gasteiger partial charge in [-0.05, 0) is 44.2 Å². The molecule has 2 rings (SSSR count). The number of nitrogens with zero attached hydrogens (tertiary/aromatic N) is 1. The largest absolute Gasteiger partial charge is 0.416 e. The maximum atomic E-state index is 12.9. The van der Waals surface area contributed by atoms with Gasteiger partial charge in [0.2, 0.25) is 0 Å². The molecule has 0 heterocycles. The van der Waals surface area contributed by atoms with Crippen LogP contribution in [0, 0.1) is 5.41 Å². The van der Waals surface area contributed by atoms with Crippen molar-refractivity contribution in [3.63, 3.8) is 0 Å². The van der Waals surface area contributed by atoms with Crippen LogP contribution in [0.5, 0.6) is 0 Å². The Hall–Kier alpha value is -1.82. The first-order valence-electron chi connectivity index (χ1n) is 7.01. The van der Waals surface area contributed by atoms with E-state index in [0.29, 0.717) is 11.3 Å². The van der Waals surface area contributed by atoms with Crippen molar-refractivity contribution in [3.8, 4) is 0 Å². The summed E-state index contributed by atoms with van der Waals surface area (Å²) in [5.41, 5.74) is 0.270. The minimum atomic E-state index is -4.40. The van der Waals surface area contributed by atoms with Crippen LogP contribution in [0.1, 0.15) is 25.0 Å². The molecule has 0 aromatic heterocycles. The molecule has 0 unspecified atom stereocenters. The molecule has 0 radical (unpaired) electrons. The highest BCUT2D eigenvalue weighted by molar-refractivity contribution is 9.10. The molecule has 6 heteroatoms. The molecule has 2 aromatic rings. The van der Waals surface area contributed by atoms with Crippen molar-refractivity contribution in [1.82, 2.24) is 0 Å². The molecule has 0 bridgehead atoms. The molecule has 0 aliphatic heterocycles. The molecule has 1 N–H and O–H groups in total. The van der Waals surface area contributed by atoms with Crippen LogP contribution in [0.15, 0.2) is 53.0 Å². The molecule has 2 nitrogen and oxygen atoms in total. The number of amidine groups is 1. The van der Waals surface area contributed by atoms with Gasteiger partial charge >= 0.3 is 6.18 Å². The molecular formula is C17H16BrF3N2.